The van der Waals surface area contributed by atoms with Gasteiger partial charge in [0.2, 0.25) is 0 Å². The number of halogens is 1. The van der Waals surface area contributed by atoms with Crippen molar-refractivity contribution in [3.05, 3.63) is 27.3 Å². The number of nitriles is 1. The molecule has 3 heteroatoms. The first-order valence-electron chi connectivity index (χ1n) is 3.94. The van der Waals surface area contributed by atoms with Crippen LogP contribution >= 0.6 is 22.6 Å². The molecule has 0 saturated carbocycles. The van der Waals surface area contributed by atoms with Gasteiger partial charge >= 0.3 is 0 Å². The highest BCUT2D eigenvalue weighted by Crippen LogP contribution is 2.26. The minimum Gasteiger partial charge on any atom is -0.398 e. The molecule has 0 aromatic heterocycles. The van der Waals surface area contributed by atoms with Gasteiger partial charge in [0.05, 0.1) is 11.5 Å². The van der Waals surface area contributed by atoms with Crippen LogP contribution in [-0.2, 0) is 5.41 Å². The lowest BCUT2D eigenvalue weighted by Gasteiger charge is -2.16. The van der Waals surface area contributed by atoms with Crippen LogP contribution in [0.25, 0.3) is 0 Å². The first-order valence-corrected chi connectivity index (χ1v) is 5.02. The Labute approximate surface area is 91.9 Å². The van der Waals surface area contributed by atoms with E-state index < -0.39 is 5.41 Å². The summed E-state index contributed by atoms with van der Waals surface area (Å²) in [7, 11) is 0. The summed E-state index contributed by atoms with van der Waals surface area (Å²) in [6.45, 7) is 3.79. The smallest absolute Gasteiger partial charge is 0.0766 e. The Kier molecular flexibility index (Phi) is 2.81. The minimum atomic E-state index is -0.437. The molecule has 13 heavy (non-hydrogen) atoms. The van der Waals surface area contributed by atoms with E-state index in [1.54, 1.807) is 0 Å². The Morgan fingerprint density at radius 1 is 1.46 bits per heavy atom. The zero-order chi connectivity index (χ0) is 10.1. The van der Waals surface area contributed by atoms with Crippen molar-refractivity contribution in [3.8, 4) is 6.07 Å². The normalized spacial score (nSPS) is 10.9. The number of hydrogen-bond donors (Lipinski definition) is 1. The Morgan fingerprint density at radius 2 is 2.08 bits per heavy atom. The molecule has 0 amide bonds. The standard InChI is InChI=1S/C10H11IN2/c1-10(2,6-12)7-3-4-9(13)8(11)5-7/h3-5H,13H2,1-2H3. The number of nitrogen functional groups attached to an aromatic ring is 1. The van der Waals surface area contributed by atoms with E-state index in [0.717, 1.165) is 14.8 Å². The molecular formula is C10H11IN2. The van der Waals surface area contributed by atoms with Gasteiger partial charge in [-0.3, -0.25) is 0 Å². The van der Waals surface area contributed by atoms with E-state index in [4.69, 9.17) is 11.0 Å². The molecule has 1 aromatic rings. The Bertz CT molecular complexity index is 364. The van der Waals surface area contributed by atoms with E-state index in [9.17, 15) is 0 Å². The fraction of sp³-hybridized carbons (Fsp3) is 0.300. The molecule has 0 heterocycles. The van der Waals surface area contributed by atoms with Gasteiger partial charge in [0.25, 0.3) is 0 Å². The molecule has 0 bridgehead atoms. The zero-order valence-corrected chi connectivity index (χ0v) is 9.79. The number of rotatable bonds is 1. The van der Waals surface area contributed by atoms with Gasteiger partial charge < -0.3 is 5.73 Å². The molecule has 0 aliphatic heterocycles. The van der Waals surface area contributed by atoms with E-state index >= 15 is 0 Å². The minimum absolute atomic E-state index is 0.437. The molecule has 0 atom stereocenters. The first kappa shape index (κ1) is 10.3. The average Bonchev–Trinajstić information content (AvgIpc) is 2.09. The van der Waals surface area contributed by atoms with Gasteiger partial charge in [0.15, 0.2) is 0 Å². The summed E-state index contributed by atoms with van der Waals surface area (Å²) in [6, 6.07) is 7.96. The molecule has 1 rings (SSSR count). The van der Waals surface area contributed by atoms with Gasteiger partial charge in [0.1, 0.15) is 0 Å². The fourth-order valence-electron chi connectivity index (χ4n) is 0.980. The summed E-state index contributed by atoms with van der Waals surface area (Å²) in [5.74, 6) is 0. The van der Waals surface area contributed by atoms with Crippen molar-refractivity contribution in [2.75, 3.05) is 5.73 Å². The van der Waals surface area contributed by atoms with Crippen molar-refractivity contribution in [1.82, 2.24) is 0 Å². The summed E-state index contributed by atoms with van der Waals surface area (Å²) in [5.41, 5.74) is 7.02. The lowest BCUT2D eigenvalue weighted by Crippen LogP contribution is -2.14. The molecule has 0 aliphatic rings. The van der Waals surface area contributed by atoms with E-state index in [1.807, 2.05) is 32.0 Å². The van der Waals surface area contributed by atoms with E-state index in [0.29, 0.717) is 0 Å². The summed E-state index contributed by atoms with van der Waals surface area (Å²) < 4.78 is 0.999. The van der Waals surface area contributed by atoms with Crippen molar-refractivity contribution in [3.63, 3.8) is 0 Å². The predicted octanol–water partition coefficient (Wildman–Crippen LogP) is 2.67. The summed E-state index contributed by atoms with van der Waals surface area (Å²) in [6.07, 6.45) is 0. The van der Waals surface area contributed by atoms with Crippen LogP contribution in [-0.4, -0.2) is 0 Å². The molecule has 0 unspecified atom stereocenters. The molecule has 0 aliphatic carbocycles. The van der Waals surface area contributed by atoms with E-state index in [1.165, 1.54) is 0 Å². The highest BCUT2D eigenvalue weighted by atomic mass is 127. The maximum absolute atomic E-state index is 8.92. The third-order valence-electron chi connectivity index (χ3n) is 2.00. The van der Waals surface area contributed by atoms with E-state index in [-0.39, 0.29) is 0 Å². The van der Waals surface area contributed by atoms with Crippen LogP contribution < -0.4 is 5.73 Å². The van der Waals surface area contributed by atoms with Crippen LogP contribution in [0, 0.1) is 14.9 Å². The van der Waals surface area contributed by atoms with Gasteiger partial charge in [-0.05, 0) is 54.1 Å². The van der Waals surface area contributed by atoms with Crippen molar-refractivity contribution in [2.24, 2.45) is 0 Å². The quantitative estimate of drug-likeness (QED) is 0.637. The third-order valence-corrected chi connectivity index (χ3v) is 2.94. The lowest BCUT2D eigenvalue weighted by atomic mass is 9.86. The maximum atomic E-state index is 8.92. The van der Waals surface area contributed by atoms with Crippen LogP contribution in [0.1, 0.15) is 19.4 Å². The van der Waals surface area contributed by atoms with Gasteiger partial charge in [-0.2, -0.15) is 5.26 Å². The number of nitrogens with two attached hydrogens (primary N) is 1. The van der Waals surface area contributed by atoms with Crippen LogP contribution in [0.2, 0.25) is 0 Å². The van der Waals surface area contributed by atoms with E-state index in [2.05, 4.69) is 28.7 Å². The van der Waals surface area contributed by atoms with Crippen LogP contribution in [0.5, 0.6) is 0 Å². The monoisotopic (exact) mass is 286 g/mol. The number of benzene rings is 1. The highest BCUT2D eigenvalue weighted by molar-refractivity contribution is 14.1. The Morgan fingerprint density at radius 3 is 2.54 bits per heavy atom. The van der Waals surface area contributed by atoms with Gasteiger partial charge in [-0.25, -0.2) is 0 Å². The molecule has 0 fully saturated rings. The number of nitrogens with zero attached hydrogens (tertiary/aromatic N) is 1. The van der Waals surface area contributed by atoms with Crippen molar-refractivity contribution in [2.45, 2.75) is 19.3 Å². The van der Waals surface area contributed by atoms with Crippen molar-refractivity contribution >= 4 is 28.3 Å². The lowest BCUT2D eigenvalue weighted by molar-refractivity contribution is 0.686. The second kappa shape index (κ2) is 3.54. The first-order chi connectivity index (χ1) is 5.97. The van der Waals surface area contributed by atoms with Crippen LogP contribution in [0.15, 0.2) is 18.2 Å². The topological polar surface area (TPSA) is 49.8 Å². The summed E-state index contributed by atoms with van der Waals surface area (Å²) in [5, 5.41) is 8.92. The Hall–Kier alpha value is -0.760. The third kappa shape index (κ3) is 2.13. The average molecular weight is 286 g/mol. The molecule has 0 spiro atoms. The largest absolute Gasteiger partial charge is 0.398 e. The summed E-state index contributed by atoms with van der Waals surface area (Å²) >= 11 is 2.17. The fourth-order valence-corrected chi connectivity index (χ4v) is 1.50. The second-order valence-corrected chi connectivity index (χ2v) is 4.64. The summed E-state index contributed by atoms with van der Waals surface area (Å²) in [4.78, 5) is 0. The molecule has 1 aromatic carbocycles. The number of hydrogen-bond acceptors (Lipinski definition) is 2. The maximum Gasteiger partial charge on any atom is 0.0766 e. The predicted molar refractivity (Wildman–Crippen MR) is 62.2 cm³/mol. The SMILES string of the molecule is CC(C)(C#N)c1ccc(N)c(I)c1. The van der Waals surface area contributed by atoms with Gasteiger partial charge in [-0.1, -0.05) is 6.07 Å². The molecule has 0 saturated heterocycles. The molecule has 2 N–H and O–H groups in total. The molecule has 0 radical (unpaired) electrons. The Balaban J connectivity index is 3.20. The highest BCUT2D eigenvalue weighted by Gasteiger charge is 2.19. The second-order valence-electron chi connectivity index (χ2n) is 3.47. The molecule has 68 valence electrons. The molecule has 2 nitrogen and oxygen atoms in total. The van der Waals surface area contributed by atoms with Crippen molar-refractivity contribution < 1.29 is 0 Å². The van der Waals surface area contributed by atoms with Gasteiger partial charge in [0, 0.05) is 9.26 Å². The zero-order valence-electron chi connectivity index (χ0n) is 7.63. The van der Waals surface area contributed by atoms with Crippen LogP contribution in [0.3, 0.4) is 0 Å². The molecular weight excluding hydrogens is 275 g/mol. The van der Waals surface area contributed by atoms with Crippen molar-refractivity contribution in [1.29, 1.82) is 5.26 Å². The van der Waals surface area contributed by atoms with Gasteiger partial charge in [-0.15, -0.1) is 0 Å². The number of anilines is 1. The van der Waals surface area contributed by atoms with Crippen LogP contribution in [0.4, 0.5) is 5.69 Å².